The first kappa shape index (κ1) is 23.2. The molecule has 0 saturated carbocycles. The summed E-state index contributed by atoms with van der Waals surface area (Å²) in [7, 11) is -3.47. The molecule has 2 heterocycles. The summed E-state index contributed by atoms with van der Waals surface area (Å²) in [6, 6.07) is 6.35. The second-order valence-corrected chi connectivity index (χ2v) is 10.2. The molecule has 2 fully saturated rings. The van der Waals surface area contributed by atoms with Crippen LogP contribution in [0.5, 0.6) is 0 Å². The number of carbonyl (C=O) groups excluding carboxylic acids is 1. The number of hydrogen-bond donors (Lipinski definition) is 1. The third kappa shape index (κ3) is 6.26. The van der Waals surface area contributed by atoms with Gasteiger partial charge < -0.3 is 15.1 Å². The summed E-state index contributed by atoms with van der Waals surface area (Å²) in [6.45, 7) is 10.5. The van der Waals surface area contributed by atoms with Crippen molar-refractivity contribution in [1.82, 2.24) is 19.4 Å². The minimum atomic E-state index is -3.47. The van der Waals surface area contributed by atoms with Crippen LogP contribution in [0.15, 0.2) is 29.2 Å². The van der Waals surface area contributed by atoms with Gasteiger partial charge in [0.25, 0.3) is 5.91 Å². The van der Waals surface area contributed by atoms with E-state index in [2.05, 4.69) is 22.0 Å². The minimum absolute atomic E-state index is 0.149. The standard InChI is InChI=1S/C22H36N4O3S/c1-2-24-16-18-25(19-17-24)13-7-12-23-22(27)20-8-10-21(11-9-20)30(28,29)26-14-5-3-4-6-15-26/h8-11H,2-7,12-19H2,1H3,(H,23,27). The Morgan fingerprint density at radius 1 is 0.900 bits per heavy atom. The van der Waals surface area contributed by atoms with Crippen LogP contribution in [0.2, 0.25) is 0 Å². The summed E-state index contributed by atoms with van der Waals surface area (Å²) in [5, 5.41) is 2.95. The van der Waals surface area contributed by atoms with Crippen LogP contribution in [0.1, 0.15) is 49.4 Å². The van der Waals surface area contributed by atoms with Gasteiger partial charge in [0.2, 0.25) is 10.0 Å². The number of likely N-dealkylation sites (N-methyl/N-ethyl adjacent to an activating group) is 1. The molecular formula is C22H36N4O3S. The molecule has 7 nitrogen and oxygen atoms in total. The van der Waals surface area contributed by atoms with E-state index in [4.69, 9.17) is 0 Å². The third-order valence-electron chi connectivity index (χ3n) is 6.17. The molecular weight excluding hydrogens is 400 g/mol. The number of carbonyl (C=O) groups is 1. The largest absolute Gasteiger partial charge is 0.352 e. The molecule has 2 saturated heterocycles. The number of amides is 1. The zero-order chi connectivity index (χ0) is 21.4. The predicted molar refractivity (Wildman–Crippen MR) is 119 cm³/mol. The highest BCUT2D eigenvalue weighted by Gasteiger charge is 2.25. The molecule has 2 aliphatic rings. The van der Waals surface area contributed by atoms with Crippen LogP contribution in [0.3, 0.4) is 0 Å². The second kappa shape index (κ2) is 11.2. The van der Waals surface area contributed by atoms with E-state index >= 15 is 0 Å². The minimum Gasteiger partial charge on any atom is -0.352 e. The Labute approximate surface area is 181 Å². The van der Waals surface area contributed by atoms with Crippen molar-refractivity contribution in [1.29, 1.82) is 0 Å². The van der Waals surface area contributed by atoms with Gasteiger partial charge in [-0.05, 0) is 56.6 Å². The molecule has 1 aromatic rings. The molecule has 0 atom stereocenters. The topological polar surface area (TPSA) is 73.0 Å². The van der Waals surface area contributed by atoms with E-state index in [1.54, 1.807) is 28.6 Å². The Morgan fingerprint density at radius 2 is 1.50 bits per heavy atom. The molecule has 1 amide bonds. The summed E-state index contributed by atoms with van der Waals surface area (Å²) >= 11 is 0. The summed E-state index contributed by atoms with van der Waals surface area (Å²) in [5.41, 5.74) is 0.501. The Balaban J connectivity index is 1.44. The number of nitrogens with one attached hydrogen (secondary N) is 1. The van der Waals surface area contributed by atoms with Crippen molar-refractivity contribution < 1.29 is 13.2 Å². The maximum Gasteiger partial charge on any atom is 0.251 e. The highest BCUT2D eigenvalue weighted by molar-refractivity contribution is 7.89. The van der Waals surface area contributed by atoms with Gasteiger partial charge >= 0.3 is 0 Å². The zero-order valence-corrected chi connectivity index (χ0v) is 19.0. The van der Waals surface area contributed by atoms with Gasteiger partial charge in [0, 0.05) is 51.4 Å². The van der Waals surface area contributed by atoms with Crippen LogP contribution in [-0.4, -0.2) is 87.3 Å². The summed E-state index contributed by atoms with van der Waals surface area (Å²) in [4.78, 5) is 17.6. The molecule has 1 aromatic carbocycles. The summed E-state index contributed by atoms with van der Waals surface area (Å²) < 4.78 is 27.3. The molecule has 3 rings (SSSR count). The fourth-order valence-corrected chi connectivity index (χ4v) is 5.66. The highest BCUT2D eigenvalue weighted by atomic mass is 32.2. The van der Waals surface area contributed by atoms with Gasteiger partial charge in [-0.3, -0.25) is 4.79 Å². The third-order valence-corrected chi connectivity index (χ3v) is 8.08. The molecule has 0 radical (unpaired) electrons. The quantitative estimate of drug-likeness (QED) is 0.631. The SMILES string of the molecule is CCN1CCN(CCCNC(=O)c2ccc(S(=O)(=O)N3CCCCCC3)cc2)CC1. The van der Waals surface area contributed by atoms with Crippen LogP contribution >= 0.6 is 0 Å². The average molecular weight is 437 g/mol. The van der Waals surface area contributed by atoms with Gasteiger partial charge in [0.1, 0.15) is 0 Å². The molecule has 0 bridgehead atoms. The van der Waals surface area contributed by atoms with Crippen LogP contribution in [0.4, 0.5) is 0 Å². The summed E-state index contributed by atoms with van der Waals surface area (Å²) in [6.07, 6.45) is 4.90. The predicted octanol–water partition coefficient (Wildman–Crippen LogP) is 2.01. The monoisotopic (exact) mass is 436 g/mol. The zero-order valence-electron chi connectivity index (χ0n) is 18.2. The van der Waals surface area contributed by atoms with Crippen LogP contribution in [-0.2, 0) is 10.0 Å². The lowest BCUT2D eigenvalue weighted by atomic mass is 10.2. The Bertz CT molecular complexity index is 766. The van der Waals surface area contributed by atoms with Crippen molar-refractivity contribution >= 4 is 15.9 Å². The van der Waals surface area contributed by atoms with Crippen molar-refractivity contribution in [3.05, 3.63) is 29.8 Å². The van der Waals surface area contributed by atoms with E-state index in [1.165, 1.54) is 0 Å². The van der Waals surface area contributed by atoms with Crippen LogP contribution in [0, 0.1) is 0 Å². The number of rotatable bonds is 8. The van der Waals surface area contributed by atoms with Crippen molar-refractivity contribution in [2.24, 2.45) is 0 Å². The van der Waals surface area contributed by atoms with Crippen molar-refractivity contribution in [3.63, 3.8) is 0 Å². The lowest BCUT2D eigenvalue weighted by molar-refractivity contribution is 0.0948. The van der Waals surface area contributed by atoms with Gasteiger partial charge in [0.15, 0.2) is 0 Å². The Morgan fingerprint density at radius 3 is 2.10 bits per heavy atom. The van der Waals surface area contributed by atoms with Gasteiger partial charge in [-0.1, -0.05) is 19.8 Å². The fraction of sp³-hybridized carbons (Fsp3) is 0.682. The van der Waals surface area contributed by atoms with Crippen molar-refractivity contribution in [2.75, 3.05) is 58.9 Å². The molecule has 0 unspecified atom stereocenters. The van der Waals surface area contributed by atoms with E-state index in [-0.39, 0.29) is 10.8 Å². The van der Waals surface area contributed by atoms with Crippen LogP contribution < -0.4 is 5.32 Å². The number of benzene rings is 1. The molecule has 0 spiro atoms. The molecule has 0 aliphatic carbocycles. The van der Waals surface area contributed by atoms with E-state index in [9.17, 15) is 13.2 Å². The van der Waals surface area contributed by atoms with Crippen LogP contribution in [0.25, 0.3) is 0 Å². The molecule has 168 valence electrons. The summed E-state index contributed by atoms with van der Waals surface area (Å²) in [5.74, 6) is -0.149. The molecule has 1 N–H and O–H groups in total. The van der Waals surface area contributed by atoms with E-state index in [1.807, 2.05) is 0 Å². The number of hydrogen-bond acceptors (Lipinski definition) is 5. The normalized spacial score (nSPS) is 20.0. The van der Waals surface area contributed by atoms with Crippen molar-refractivity contribution in [2.45, 2.75) is 43.9 Å². The second-order valence-electron chi connectivity index (χ2n) is 8.23. The molecule has 2 aliphatic heterocycles. The Hall–Kier alpha value is -1.48. The maximum absolute atomic E-state index is 12.8. The first-order valence-corrected chi connectivity index (χ1v) is 12.8. The van der Waals surface area contributed by atoms with Gasteiger partial charge in [-0.25, -0.2) is 8.42 Å². The van der Waals surface area contributed by atoms with Gasteiger partial charge in [-0.2, -0.15) is 4.31 Å². The van der Waals surface area contributed by atoms with Crippen molar-refractivity contribution in [3.8, 4) is 0 Å². The first-order valence-electron chi connectivity index (χ1n) is 11.3. The van der Waals surface area contributed by atoms with Gasteiger partial charge in [0.05, 0.1) is 4.90 Å². The Kier molecular flexibility index (Phi) is 8.68. The smallest absolute Gasteiger partial charge is 0.251 e. The maximum atomic E-state index is 12.8. The fourth-order valence-electron chi connectivity index (χ4n) is 4.15. The van der Waals surface area contributed by atoms with E-state index < -0.39 is 10.0 Å². The lowest BCUT2D eigenvalue weighted by Crippen LogP contribution is -2.46. The highest BCUT2D eigenvalue weighted by Crippen LogP contribution is 2.20. The lowest BCUT2D eigenvalue weighted by Gasteiger charge is -2.33. The number of nitrogens with zero attached hydrogens (tertiary/aromatic N) is 3. The molecule has 8 heteroatoms. The van der Waals surface area contributed by atoms with Gasteiger partial charge in [-0.15, -0.1) is 0 Å². The number of piperazine rings is 1. The molecule has 0 aromatic heterocycles. The van der Waals surface area contributed by atoms with E-state index in [0.29, 0.717) is 25.2 Å². The van der Waals surface area contributed by atoms with E-state index in [0.717, 1.165) is 71.4 Å². The number of sulfonamides is 1. The first-order chi connectivity index (χ1) is 14.5. The average Bonchev–Trinajstić information content (AvgIpc) is 3.07. The molecule has 30 heavy (non-hydrogen) atoms.